The number of aliphatic hydroxyl groups excluding tert-OH is 1. The maximum atomic E-state index is 9.81. The fraction of sp³-hybridized carbons (Fsp3) is 0.750. The van der Waals surface area contributed by atoms with Gasteiger partial charge in [-0.15, -0.1) is 0 Å². The summed E-state index contributed by atoms with van der Waals surface area (Å²) in [4.78, 5) is 4.69. The summed E-state index contributed by atoms with van der Waals surface area (Å²) in [6, 6.07) is 0. The van der Waals surface area contributed by atoms with Gasteiger partial charge in [0.05, 0.1) is 18.3 Å². The lowest BCUT2D eigenvalue weighted by molar-refractivity contribution is 0.129. The zero-order valence-electron chi connectivity index (χ0n) is 9.82. The van der Waals surface area contributed by atoms with Crippen molar-refractivity contribution in [3.63, 3.8) is 0 Å². The van der Waals surface area contributed by atoms with Crippen LogP contribution in [0.1, 0.15) is 36.7 Å². The van der Waals surface area contributed by atoms with Gasteiger partial charge in [-0.1, -0.05) is 0 Å². The van der Waals surface area contributed by atoms with E-state index in [1.54, 1.807) is 0 Å². The van der Waals surface area contributed by atoms with Gasteiger partial charge in [0.15, 0.2) is 0 Å². The van der Waals surface area contributed by atoms with Crippen molar-refractivity contribution in [1.29, 1.82) is 0 Å². The van der Waals surface area contributed by atoms with Crippen LogP contribution in [0.2, 0.25) is 0 Å². The summed E-state index contributed by atoms with van der Waals surface area (Å²) in [6.45, 7) is 2.87. The van der Waals surface area contributed by atoms with E-state index >= 15 is 0 Å². The number of halogens is 1. The van der Waals surface area contributed by atoms with E-state index in [4.69, 9.17) is 4.98 Å². The van der Waals surface area contributed by atoms with E-state index in [2.05, 4.69) is 25.8 Å². The Kier molecular flexibility index (Phi) is 3.23. The van der Waals surface area contributed by atoms with Gasteiger partial charge >= 0.3 is 0 Å². The van der Waals surface area contributed by atoms with Crippen LogP contribution in [0.3, 0.4) is 0 Å². The van der Waals surface area contributed by atoms with E-state index in [1.165, 1.54) is 11.5 Å². The van der Waals surface area contributed by atoms with Crippen LogP contribution < -0.4 is 5.32 Å². The zero-order chi connectivity index (χ0) is 11.8. The maximum absolute atomic E-state index is 9.81. The molecule has 0 aromatic carbocycles. The minimum atomic E-state index is -0.205. The van der Waals surface area contributed by atoms with Gasteiger partial charge in [-0.05, 0) is 54.7 Å². The van der Waals surface area contributed by atoms with Crippen molar-refractivity contribution in [2.24, 2.45) is 0 Å². The molecule has 1 aromatic heterocycles. The normalized spacial score (nSPS) is 25.9. The highest BCUT2D eigenvalue weighted by Gasteiger charge is 2.27. The maximum Gasteiger partial charge on any atom is 0.127 e. The third kappa shape index (κ3) is 2.16. The Balaban J connectivity index is 1.93. The van der Waals surface area contributed by atoms with E-state index in [0.29, 0.717) is 12.5 Å². The SMILES string of the molecule is OC1CCc2c(Br)nc(C3CCNCC3)n2C1. The van der Waals surface area contributed by atoms with E-state index in [0.717, 1.165) is 43.4 Å². The minimum Gasteiger partial charge on any atom is -0.391 e. The standard InChI is InChI=1S/C12H18BrN3O/c13-11-10-2-1-9(17)7-16(10)12(15-11)8-3-5-14-6-4-8/h8-9,14,17H,1-7H2. The quantitative estimate of drug-likeness (QED) is 0.825. The van der Waals surface area contributed by atoms with E-state index in [1.807, 2.05) is 0 Å². The highest BCUT2D eigenvalue weighted by atomic mass is 79.9. The molecule has 0 radical (unpaired) electrons. The number of rotatable bonds is 1. The second-order valence-corrected chi connectivity index (χ2v) is 5.79. The highest BCUT2D eigenvalue weighted by molar-refractivity contribution is 9.10. The molecule has 1 fully saturated rings. The largest absolute Gasteiger partial charge is 0.391 e. The third-order valence-corrected chi connectivity index (χ3v) is 4.50. The molecule has 4 nitrogen and oxygen atoms in total. The highest BCUT2D eigenvalue weighted by Crippen LogP contribution is 2.32. The first-order valence-electron chi connectivity index (χ1n) is 6.39. The second-order valence-electron chi connectivity index (χ2n) is 5.03. The van der Waals surface area contributed by atoms with Gasteiger partial charge in [0, 0.05) is 5.92 Å². The van der Waals surface area contributed by atoms with Gasteiger partial charge in [0.2, 0.25) is 0 Å². The predicted octanol–water partition coefficient (Wildman–Crippen LogP) is 1.42. The van der Waals surface area contributed by atoms with Crippen LogP contribution in [0.25, 0.3) is 0 Å². The molecule has 3 heterocycles. The molecule has 2 aliphatic heterocycles. The number of nitrogens with one attached hydrogen (secondary N) is 1. The summed E-state index contributed by atoms with van der Waals surface area (Å²) in [7, 11) is 0. The van der Waals surface area contributed by atoms with Gasteiger partial charge in [-0.3, -0.25) is 0 Å². The van der Waals surface area contributed by atoms with Crippen LogP contribution in [0, 0.1) is 0 Å². The fourth-order valence-electron chi connectivity index (χ4n) is 2.91. The Labute approximate surface area is 110 Å². The Morgan fingerprint density at radius 2 is 2.06 bits per heavy atom. The molecule has 3 rings (SSSR count). The van der Waals surface area contributed by atoms with Crippen LogP contribution in [-0.2, 0) is 13.0 Å². The molecule has 0 bridgehead atoms. The first-order valence-corrected chi connectivity index (χ1v) is 7.18. The number of hydrogen-bond donors (Lipinski definition) is 2. The second kappa shape index (κ2) is 4.71. The average molecular weight is 300 g/mol. The first kappa shape index (κ1) is 11.7. The van der Waals surface area contributed by atoms with Crippen molar-refractivity contribution in [1.82, 2.24) is 14.9 Å². The molecule has 0 saturated carbocycles. The molecule has 94 valence electrons. The molecule has 1 unspecified atom stereocenters. The van der Waals surface area contributed by atoms with Gasteiger partial charge in [0.1, 0.15) is 10.4 Å². The summed E-state index contributed by atoms with van der Waals surface area (Å²) < 4.78 is 3.23. The van der Waals surface area contributed by atoms with Crippen molar-refractivity contribution in [3.8, 4) is 0 Å². The van der Waals surface area contributed by atoms with E-state index in [-0.39, 0.29) is 6.10 Å². The van der Waals surface area contributed by atoms with Crippen LogP contribution in [-0.4, -0.2) is 33.9 Å². The smallest absolute Gasteiger partial charge is 0.127 e. The van der Waals surface area contributed by atoms with Crippen LogP contribution in [0.15, 0.2) is 4.60 Å². The van der Waals surface area contributed by atoms with Gasteiger partial charge in [-0.2, -0.15) is 0 Å². The summed E-state index contributed by atoms with van der Waals surface area (Å²) in [5.74, 6) is 1.72. The monoisotopic (exact) mass is 299 g/mol. The van der Waals surface area contributed by atoms with Crippen LogP contribution >= 0.6 is 15.9 Å². The molecule has 0 spiro atoms. The predicted molar refractivity (Wildman–Crippen MR) is 69.1 cm³/mol. The summed E-state index contributed by atoms with van der Waals surface area (Å²) in [5, 5.41) is 13.2. The lowest BCUT2D eigenvalue weighted by atomic mass is 9.96. The molecule has 0 amide bonds. The number of hydrogen-bond acceptors (Lipinski definition) is 3. The number of aromatic nitrogens is 2. The molecule has 1 saturated heterocycles. The Hall–Kier alpha value is -0.390. The van der Waals surface area contributed by atoms with Gasteiger partial charge < -0.3 is 15.0 Å². The lowest BCUT2D eigenvalue weighted by Crippen LogP contribution is -2.30. The van der Waals surface area contributed by atoms with Crippen molar-refractivity contribution in [2.75, 3.05) is 13.1 Å². The zero-order valence-corrected chi connectivity index (χ0v) is 11.4. The fourth-order valence-corrected chi connectivity index (χ4v) is 3.51. The molecule has 5 heteroatoms. The summed E-state index contributed by atoms with van der Waals surface area (Å²) in [6.07, 6.45) is 3.89. The van der Waals surface area contributed by atoms with E-state index in [9.17, 15) is 5.11 Å². The van der Waals surface area contributed by atoms with Crippen LogP contribution in [0.5, 0.6) is 0 Å². The summed E-state index contributed by atoms with van der Waals surface area (Å²) >= 11 is 3.56. The Bertz CT molecular complexity index is 412. The van der Waals surface area contributed by atoms with Gasteiger partial charge in [-0.25, -0.2) is 4.98 Å². The Morgan fingerprint density at radius 1 is 1.29 bits per heavy atom. The third-order valence-electron chi connectivity index (χ3n) is 3.87. The average Bonchev–Trinajstić information content (AvgIpc) is 2.67. The molecule has 1 aromatic rings. The van der Waals surface area contributed by atoms with Crippen molar-refractivity contribution >= 4 is 15.9 Å². The number of piperidine rings is 1. The first-order chi connectivity index (χ1) is 8.25. The molecular formula is C12H18BrN3O. The number of aliphatic hydroxyl groups is 1. The summed E-state index contributed by atoms with van der Waals surface area (Å²) in [5.41, 5.74) is 1.27. The number of nitrogens with zero attached hydrogens (tertiary/aromatic N) is 2. The molecule has 17 heavy (non-hydrogen) atoms. The molecule has 2 aliphatic rings. The molecule has 0 aliphatic carbocycles. The molecule has 2 N–H and O–H groups in total. The minimum absolute atomic E-state index is 0.205. The lowest BCUT2D eigenvalue weighted by Gasteiger charge is -2.26. The Morgan fingerprint density at radius 3 is 2.82 bits per heavy atom. The van der Waals surface area contributed by atoms with Crippen LogP contribution in [0.4, 0.5) is 0 Å². The number of imidazole rings is 1. The number of fused-ring (bicyclic) bond motifs is 1. The molecule has 1 atom stereocenters. The molecular weight excluding hydrogens is 282 g/mol. The topological polar surface area (TPSA) is 50.1 Å². The van der Waals surface area contributed by atoms with Crippen molar-refractivity contribution < 1.29 is 5.11 Å². The van der Waals surface area contributed by atoms with E-state index < -0.39 is 0 Å². The van der Waals surface area contributed by atoms with Crippen molar-refractivity contribution in [3.05, 3.63) is 16.1 Å². The van der Waals surface area contributed by atoms with Crippen molar-refractivity contribution in [2.45, 2.75) is 44.2 Å². The van der Waals surface area contributed by atoms with Gasteiger partial charge in [0.25, 0.3) is 0 Å².